The first-order valence-electron chi connectivity index (χ1n) is 11.2. The summed E-state index contributed by atoms with van der Waals surface area (Å²) in [5, 5.41) is 6.05. The van der Waals surface area contributed by atoms with Crippen molar-refractivity contribution in [2.75, 3.05) is 5.32 Å². The van der Waals surface area contributed by atoms with E-state index in [1.807, 2.05) is 57.2 Å². The summed E-state index contributed by atoms with van der Waals surface area (Å²) in [5.74, 6) is 0.947. The number of rotatable bonds is 6. The quantitative estimate of drug-likeness (QED) is 0.321. The third kappa shape index (κ3) is 5.43. The third-order valence-electron chi connectivity index (χ3n) is 5.31. The van der Waals surface area contributed by atoms with Crippen molar-refractivity contribution in [2.24, 2.45) is 0 Å². The molecule has 6 nitrogen and oxygen atoms in total. The van der Waals surface area contributed by atoms with Crippen molar-refractivity contribution in [1.29, 1.82) is 0 Å². The number of thiocarbonyl (C=S) groups is 1. The molecule has 4 rings (SSSR count). The molecule has 0 aliphatic rings. The fourth-order valence-electron chi connectivity index (χ4n) is 3.49. The predicted octanol–water partition coefficient (Wildman–Crippen LogP) is 6.28. The molecule has 4 aromatic rings. The number of carbonyl (C=O) groups excluding carboxylic acids is 1. The maximum atomic E-state index is 12.6. The van der Waals surface area contributed by atoms with E-state index in [-0.39, 0.29) is 17.1 Å². The van der Waals surface area contributed by atoms with Crippen LogP contribution < -0.4 is 15.4 Å². The van der Waals surface area contributed by atoms with Crippen molar-refractivity contribution in [2.45, 2.75) is 40.2 Å². The second kappa shape index (κ2) is 10.1. The molecule has 0 aliphatic carbocycles. The number of carbonyl (C=O) groups is 1. The average Bonchev–Trinajstić information content (AvgIpc) is 3.23. The number of aromatic nitrogens is 1. The topological polar surface area (TPSA) is 76.4 Å². The predicted molar refractivity (Wildman–Crippen MR) is 139 cm³/mol. The monoisotopic (exact) mass is 473 g/mol. The number of anilines is 1. The number of nitrogens with zero attached hydrogens (tertiary/aromatic N) is 1. The Hall–Kier alpha value is -3.71. The minimum absolute atomic E-state index is 0.0685. The van der Waals surface area contributed by atoms with Crippen molar-refractivity contribution < 1.29 is 13.9 Å². The molecule has 2 N–H and O–H groups in total. The fourth-order valence-corrected chi connectivity index (χ4v) is 3.69. The van der Waals surface area contributed by atoms with Crippen molar-refractivity contribution in [3.05, 3.63) is 77.4 Å². The SMILES string of the molecule is CCc1ccc2oc(-c3ccc(C)c(NC(=S)NC(=O)c4ccc(OC(C)C)cc4)c3)nc2c1. The number of nitrogens with one attached hydrogen (secondary N) is 2. The largest absolute Gasteiger partial charge is 0.491 e. The highest BCUT2D eigenvalue weighted by molar-refractivity contribution is 7.80. The van der Waals surface area contributed by atoms with Crippen LogP contribution in [-0.4, -0.2) is 22.1 Å². The van der Waals surface area contributed by atoms with Crippen molar-refractivity contribution in [3.63, 3.8) is 0 Å². The molecule has 0 spiro atoms. The zero-order valence-electron chi connectivity index (χ0n) is 19.6. The van der Waals surface area contributed by atoms with Gasteiger partial charge in [-0.15, -0.1) is 0 Å². The minimum Gasteiger partial charge on any atom is -0.491 e. The number of hydrogen-bond donors (Lipinski definition) is 2. The van der Waals surface area contributed by atoms with Crippen LogP contribution in [0.4, 0.5) is 5.69 Å². The van der Waals surface area contributed by atoms with E-state index in [0.29, 0.717) is 17.2 Å². The number of ether oxygens (including phenoxy) is 1. The first kappa shape index (κ1) is 23.4. The Kier molecular flexibility index (Phi) is 6.93. The van der Waals surface area contributed by atoms with E-state index in [4.69, 9.17) is 21.4 Å². The molecule has 34 heavy (non-hydrogen) atoms. The number of hydrogen-bond acceptors (Lipinski definition) is 5. The molecule has 0 saturated carbocycles. The van der Waals surface area contributed by atoms with Gasteiger partial charge in [0, 0.05) is 16.8 Å². The molecule has 0 fully saturated rings. The lowest BCUT2D eigenvalue weighted by atomic mass is 10.1. The number of amides is 1. The van der Waals surface area contributed by atoms with Gasteiger partial charge in [-0.2, -0.15) is 0 Å². The molecule has 1 aromatic heterocycles. The second-order valence-electron chi connectivity index (χ2n) is 8.30. The lowest BCUT2D eigenvalue weighted by molar-refractivity contribution is 0.0977. The first-order valence-corrected chi connectivity index (χ1v) is 11.6. The van der Waals surface area contributed by atoms with Gasteiger partial charge in [-0.05, 0) is 99.1 Å². The van der Waals surface area contributed by atoms with Crippen LogP contribution in [0.25, 0.3) is 22.6 Å². The highest BCUT2D eigenvalue weighted by atomic mass is 32.1. The van der Waals surface area contributed by atoms with Gasteiger partial charge in [-0.25, -0.2) is 4.98 Å². The van der Waals surface area contributed by atoms with Crippen molar-refractivity contribution >= 4 is 40.0 Å². The third-order valence-corrected chi connectivity index (χ3v) is 5.51. The smallest absolute Gasteiger partial charge is 0.257 e. The van der Waals surface area contributed by atoms with E-state index < -0.39 is 0 Å². The molecule has 1 heterocycles. The molecule has 0 aliphatic heterocycles. The first-order chi connectivity index (χ1) is 16.3. The normalized spacial score (nSPS) is 11.0. The maximum Gasteiger partial charge on any atom is 0.257 e. The van der Waals surface area contributed by atoms with E-state index in [2.05, 4.69) is 22.5 Å². The van der Waals surface area contributed by atoms with Crippen LogP contribution in [0.2, 0.25) is 0 Å². The Morgan fingerprint density at radius 1 is 1.09 bits per heavy atom. The number of benzene rings is 3. The highest BCUT2D eigenvalue weighted by Crippen LogP contribution is 2.28. The van der Waals surface area contributed by atoms with Gasteiger partial charge in [0.1, 0.15) is 11.3 Å². The van der Waals surface area contributed by atoms with Gasteiger partial charge in [0.15, 0.2) is 10.7 Å². The second-order valence-corrected chi connectivity index (χ2v) is 8.71. The van der Waals surface area contributed by atoms with E-state index in [1.165, 1.54) is 5.56 Å². The molecule has 7 heteroatoms. The minimum atomic E-state index is -0.298. The van der Waals surface area contributed by atoms with Crippen LogP contribution in [0, 0.1) is 6.92 Å². The summed E-state index contributed by atoms with van der Waals surface area (Å²) in [5.41, 5.74) is 5.83. The van der Waals surface area contributed by atoms with Gasteiger partial charge in [-0.3, -0.25) is 10.1 Å². The van der Waals surface area contributed by atoms with Crippen LogP contribution in [-0.2, 0) is 6.42 Å². The average molecular weight is 474 g/mol. The fraction of sp³-hybridized carbons (Fsp3) is 0.222. The Labute approximate surface area is 204 Å². The van der Waals surface area contributed by atoms with Gasteiger partial charge in [0.25, 0.3) is 5.91 Å². The summed E-state index contributed by atoms with van der Waals surface area (Å²) >= 11 is 5.39. The Morgan fingerprint density at radius 2 is 1.85 bits per heavy atom. The summed E-state index contributed by atoms with van der Waals surface area (Å²) in [7, 11) is 0. The van der Waals surface area contributed by atoms with Gasteiger partial charge in [0.05, 0.1) is 6.10 Å². The van der Waals surface area contributed by atoms with E-state index in [9.17, 15) is 4.79 Å². The molecular formula is C27H27N3O3S. The van der Waals surface area contributed by atoms with E-state index in [1.54, 1.807) is 24.3 Å². The molecule has 0 bridgehead atoms. The lowest BCUT2D eigenvalue weighted by Gasteiger charge is -2.13. The van der Waals surface area contributed by atoms with Crippen molar-refractivity contribution in [3.8, 4) is 17.2 Å². The van der Waals surface area contributed by atoms with Crippen LogP contribution in [0.1, 0.15) is 42.3 Å². The molecular weight excluding hydrogens is 446 g/mol. The van der Waals surface area contributed by atoms with Crippen molar-refractivity contribution in [1.82, 2.24) is 10.3 Å². The zero-order chi connectivity index (χ0) is 24.2. The van der Waals surface area contributed by atoms with Crippen LogP contribution in [0.5, 0.6) is 5.75 Å². The van der Waals surface area contributed by atoms with Crippen LogP contribution in [0.15, 0.2) is 65.1 Å². The number of fused-ring (bicyclic) bond motifs is 1. The summed E-state index contributed by atoms with van der Waals surface area (Å²) < 4.78 is 11.6. The molecule has 0 unspecified atom stereocenters. The summed E-state index contributed by atoms with van der Waals surface area (Å²) in [4.78, 5) is 17.2. The highest BCUT2D eigenvalue weighted by Gasteiger charge is 2.13. The zero-order valence-corrected chi connectivity index (χ0v) is 20.5. The summed E-state index contributed by atoms with van der Waals surface area (Å²) in [6.45, 7) is 7.98. The molecule has 0 radical (unpaired) electrons. The summed E-state index contributed by atoms with van der Waals surface area (Å²) in [6, 6.07) is 18.8. The van der Waals surface area contributed by atoms with Crippen LogP contribution in [0.3, 0.4) is 0 Å². The Morgan fingerprint density at radius 3 is 2.56 bits per heavy atom. The maximum absolute atomic E-state index is 12.6. The molecule has 0 atom stereocenters. The molecule has 1 amide bonds. The van der Waals surface area contributed by atoms with E-state index >= 15 is 0 Å². The lowest BCUT2D eigenvalue weighted by Crippen LogP contribution is -2.34. The standard InChI is InChI=1S/C27H27N3O3S/c1-5-18-7-13-24-23(14-18)28-26(33-24)20-8-6-17(4)22(15-20)29-27(34)30-25(31)19-9-11-21(12-10-19)32-16(2)3/h6-16H,5H2,1-4H3,(H2,29,30,31,34). The molecule has 0 saturated heterocycles. The number of oxazole rings is 1. The Bertz CT molecular complexity index is 1340. The van der Waals surface area contributed by atoms with Gasteiger partial charge in [0.2, 0.25) is 5.89 Å². The molecule has 3 aromatic carbocycles. The van der Waals surface area contributed by atoms with Gasteiger partial charge in [-0.1, -0.05) is 19.1 Å². The van der Waals surface area contributed by atoms with Gasteiger partial charge >= 0.3 is 0 Å². The Balaban J connectivity index is 1.47. The van der Waals surface area contributed by atoms with Gasteiger partial charge < -0.3 is 14.5 Å². The summed E-state index contributed by atoms with van der Waals surface area (Å²) in [6.07, 6.45) is 1.01. The van der Waals surface area contributed by atoms with Crippen LogP contribution >= 0.6 is 12.2 Å². The molecule has 174 valence electrons. The van der Waals surface area contributed by atoms with E-state index in [0.717, 1.165) is 34.3 Å². The number of aryl methyl sites for hydroxylation is 2.